The van der Waals surface area contributed by atoms with Crippen LogP contribution >= 0.6 is 11.9 Å². The number of halogens is 2. The highest BCUT2D eigenvalue weighted by Gasteiger charge is 2.46. The van der Waals surface area contributed by atoms with E-state index in [2.05, 4.69) is 49.0 Å². The van der Waals surface area contributed by atoms with Gasteiger partial charge in [0.2, 0.25) is 0 Å². The topological polar surface area (TPSA) is 81.1 Å². The van der Waals surface area contributed by atoms with Crippen molar-refractivity contribution >= 4 is 39.4 Å². The summed E-state index contributed by atoms with van der Waals surface area (Å²) in [6.07, 6.45) is 12.9. The second kappa shape index (κ2) is 12.3. The Balaban J connectivity index is 1.13. The first kappa shape index (κ1) is 31.5. The van der Waals surface area contributed by atoms with Crippen molar-refractivity contribution in [3.8, 4) is 35.4 Å². The van der Waals surface area contributed by atoms with E-state index in [0.29, 0.717) is 46.5 Å². The van der Waals surface area contributed by atoms with Gasteiger partial charge < -0.3 is 19.6 Å². The Hall–Kier alpha value is -3.76. The van der Waals surface area contributed by atoms with Gasteiger partial charge in [0.05, 0.1) is 24.2 Å². The van der Waals surface area contributed by atoms with Crippen LogP contribution in [0.15, 0.2) is 30.5 Å². The van der Waals surface area contributed by atoms with Crippen molar-refractivity contribution < 1.29 is 18.6 Å². The number of hydrogen-bond donors (Lipinski definition) is 1. The summed E-state index contributed by atoms with van der Waals surface area (Å²) in [5, 5.41) is 12.5. The number of likely N-dealkylation sites (tertiary alicyclic amines) is 1. The summed E-state index contributed by atoms with van der Waals surface area (Å²) in [7, 11) is 4.21. The van der Waals surface area contributed by atoms with Gasteiger partial charge in [0, 0.05) is 53.5 Å². The van der Waals surface area contributed by atoms with E-state index in [0.717, 1.165) is 52.0 Å². The van der Waals surface area contributed by atoms with Crippen LogP contribution in [0.1, 0.15) is 37.7 Å². The third kappa shape index (κ3) is 5.81. The van der Waals surface area contributed by atoms with Gasteiger partial charge in [-0.2, -0.15) is 9.97 Å². The summed E-state index contributed by atoms with van der Waals surface area (Å²) in [6.45, 7) is 6.07. The molecule has 0 radical (unpaired) electrons. The van der Waals surface area contributed by atoms with Gasteiger partial charge in [0.25, 0.3) is 0 Å². The van der Waals surface area contributed by atoms with Gasteiger partial charge in [-0.15, -0.1) is 6.42 Å². The highest BCUT2D eigenvalue weighted by atomic mass is 32.2. The number of pyridine rings is 1. The van der Waals surface area contributed by atoms with Crippen LogP contribution in [-0.4, -0.2) is 106 Å². The van der Waals surface area contributed by atoms with Crippen LogP contribution in [0.5, 0.6) is 11.8 Å². The largest absolute Gasteiger partial charge is 0.508 e. The summed E-state index contributed by atoms with van der Waals surface area (Å²) in [5.41, 5.74) is 0.189. The second-order valence-electron chi connectivity index (χ2n) is 14.0. The number of nitrogens with zero attached hydrogens (tertiary/aromatic N) is 7. The summed E-state index contributed by atoms with van der Waals surface area (Å²) < 4.78 is 40.2. The van der Waals surface area contributed by atoms with Crippen LogP contribution in [0, 0.1) is 29.4 Å². The SMILES string of the molecule is C#Cc1c(F)ccc2cc(O)cc(-c3ncc4c(N5CC6CCN6C5)nc(OCC5(CN6CCC(SN(C)C)CC6)CC5)nc4c3F)c12. The minimum Gasteiger partial charge on any atom is -0.508 e. The zero-order chi connectivity index (χ0) is 33.2. The predicted molar refractivity (Wildman–Crippen MR) is 185 cm³/mol. The molecule has 2 aromatic carbocycles. The average Bonchev–Trinajstić information content (AvgIpc) is 3.76. The van der Waals surface area contributed by atoms with Gasteiger partial charge in [-0.25, -0.2) is 8.78 Å². The number of phenols is 1. The van der Waals surface area contributed by atoms with Crippen molar-refractivity contribution in [3.63, 3.8) is 0 Å². The predicted octanol–water partition coefficient (Wildman–Crippen LogP) is 5.50. The van der Waals surface area contributed by atoms with E-state index >= 15 is 4.39 Å². The molecule has 5 heterocycles. The number of phenolic OH excluding ortho intramolecular Hbond substituents is 1. The molecule has 1 N–H and O–H groups in total. The monoisotopic (exact) mass is 671 g/mol. The Bertz CT molecular complexity index is 1930. The summed E-state index contributed by atoms with van der Waals surface area (Å²) >= 11 is 1.92. The number of aromatic nitrogens is 3. The molecule has 0 amide bonds. The van der Waals surface area contributed by atoms with E-state index in [1.54, 1.807) is 6.20 Å². The minimum absolute atomic E-state index is 0.0202. The molecule has 48 heavy (non-hydrogen) atoms. The molecule has 8 rings (SSSR count). The number of terminal acetylenes is 1. The Kier molecular flexibility index (Phi) is 8.06. The standard InChI is InChI=1S/C36H39F2N7O2S/c1-4-26-29(37)6-5-22-15-24(46)16-27(30(22)26)32-31(38)33-28(17-39-32)34(45-18-23-7-14-44(23)21-45)41-35(40-33)47-20-36(10-11-36)19-43-12-8-25(9-13-43)48-42(2)3/h1,5-6,15-17,23,25,46H,7-14,18-21H2,2-3H3. The molecule has 1 aliphatic carbocycles. The highest BCUT2D eigenvalue weighted by molar-refractivity contribution is 7.97. The first-order valence-corrected chi connectivity index (χ1v) is 17.5. The average molecular weight is 672 g/mol. The fraction of sp³-hybridized carbons (Fsp3) is 0.472. The van der Waals surface area contributed by atoms with Crippen molar-refractivity contribution in [1.29, 1.82) is 0 Å². The Morgan fingerprint density at radius 2 is 1.94 bits per heavy atom. The summed E-state index contributed by atoms with van der Waals surface area (Å²) in [5.74, 6) is 1.56. The quantitative estimate of drug-likeness (QED) is 0.182. The minimum atomic E-state index is -0.706. The fourth-order valence-electron chi connectivity index (χ4n) is 7.53. The van der Waals surface area contributed by atoms with E-state index in [1.807, 2.05) is 11.9 Å². The van der Waals surface area contributed by atoms with Crippen LogP contribution in [-0.2, 0) is 0 Å². The maximum absolute atomic E-state index is 16.8. The van der Waals surface area contributed by atoms with Crippen LogP contribution in [0.2, 0.25) is 0 Å². The van der Waals surface area contributed by atoms with Gasteiger partial charge in [-0.3, -0.25) is 14.2 Å². The van der Waals surface area contributed by atoms with E-state index in [4.69, 9.17) is 16.1 Å². The van der Waals surface area contributed by atoms with E-state index in [-0.39, 0.29) is 39.5 Å². The van der Waals surface area contributed by atoms with Crippen LogP contribution < -0.4 is 9.64 Å². The molecule has 12 heteroatoms. The smallest absolute Gasteiger partial charge is 0.319 e. The number of rotatable bonds is 9. The number of fused-ring (bicyclic) bond motifs is 3. The lowest BCUT2D eigenvalue weighted by Crippen LogP contribution is -2.43. The maximum atomic E-state index is 16.8. The Morgan fingerprint density at radius 1 is 1.12 bits per heavy atom. The molecule has 9 nitrogen and oxygen atoms in total. The number of ether oxygens (including phenoxy) is 1. The number of aromatic hydroxyl groups is 1. The molecule has 1 unspecified atom stereocenters. The first-order valence-electron chi connectivity index (χ1n) is 16.7. The van der Waals surface area contributed by atoms with Crippen molar-refractivity contribution in [2.24, 2.45) is 5.41 Å². The van der Waals surface area contributed by atoms with Crippen LogP contribution in [0.4, 0.5) is 14.6 Å². The fourth-order valence-corrected chi connectivity index (χ4v) is 8.55. The molecule has 0 spiro atoms. The molecule has 4 aromatic rings. The summed E-state index contributed by atoms with van der Waals surface area (Å²) in [4.78, 5) is 21.1. The number of benzene rings is 2. The van der Waals surface area contributed by atoms with Crippen molar-refractivity contribution in [3.05, 3.63) is 47.7 Å². The third-order valence-corrected chi connectivity index (χ3v) is 11.6. The van der Waals surface area contributed by atoms with Gasteiger partial charge in [-0.05, 0) is 82.9 Å². The lowest BCUT2D eigenvalue weighted by molar-refractivity contribution is 0.140. The second-order valence-corrected chi connectivity index (χ2v) is 15.6. The normalized spacial score (nSPS) is 21.1. The van der Waals surface area contributed by atoms with Gasteiger partial charge >= 0.3 is 6.01 Å². The molecule has 4 fully saturated rings. The van der Waals surface area contributed by atoms with Gasteiger partial charge in [-0.1, -0.05) is 23.9 Å². The molecule has 0 bridgehead atoms. The maximum Gasteiger partial charge on any atom is 0.319 e. The van der Waals surface area contributed by atoms with Crippen molar-refractivity contribution in [2.75, 3.05) is 65.0 Å². The summed E-state index contributed by atoms with van der Waals surface area (Å²) in [6, 6.07) is 6.17. The molecule has 2 aromatic heterocycles. The zero-order valence-electron chi connectivity index (χ0n) is 27.3. The highest BCUT2D eigenvalue weighted by Crippen LogP contribution is 2.47. The lowest BCUT2D eigenvalue weighted by atomic mass is 9.96. The van der Waals surface area contributed by atoms with E-state index < -0.39 is 11.6 Å². The number of anilines is 1. The van der Waals surface area contributed by atoms with Crippen molar-refractivity contribution in [1.82, 2.24) is 29.1 Å². The molecule has 250 valence electrons. The van der Waals surface area contributed by atoms with Gasteiger partial charge in [0.1, 0.15) is 28.6 Å². The lowest BCUT2D eigenvalue weighted by Gasteiger charge is -2.34. The molecule has 3 aliphatic heterocycles. The molecule has 1 saturated carbocycles. The Labute approximate surface area is 283 Å². The molecule has 3 saturated heterocycles. The van der Waals surface area contributed by atoms with E-state index in [9.17, 15) is 9.50 Å². The number of hydrogen-bond acceptors (Lipinski definition) is 10. The van der Waals surface area contributed by atoms with E-state index in [1.165, 1.54) is 37.1 Å². The van der Waals surface area contributed by atoms with Gasteiger partial charge in [0.15, 0.2) is 5.82 Å². The van der Waals surface area contributed by atoms with Crippen LogP contribution in [0.25, 0.3) is 32.9 Å². The molecule has 4 aliphatic rings. The number of piperidine rings is 1. The molecular formula is C36H39F2N7O2S. The first-order chi connectivity index (χ1) is 23.2. The molecule has 1 atom stereocenters. The van der Waals surface area contributed by atoms with Crippen LogP contribution in [0.3, 0.4) is 0 Å². The zero-order valence-corrected chi connectivity index (χ0v) is 28.1. The van der Waals surface area contributed by atoms with Crippen molar-refractivity contribution in [2.45, 2.75) is 43.4 Å². The Morgan fingerprint density at radius 3 is 2.60 bits per heavy atom. The third-order valence-electron chi connectivity index (χ3n) is 10.4. The molecular weight excluding hydrogens is 633 g/mol.